The van der Waals surface area contributed by atoms with Crippen molar-refractivity contribution in [3.63, 3.8) is 0 Å². The number of halogens is 4. The summed E-state index contributed by atoms with van der Waals surface area (Å²) in [4.78, 5) is 23.5. The van der Waals surface area contributed by atoms with Crippen LogP contribution in [0, 0.1) is 10.1 Å². The van der Waals surface area contributed by atoms with E-state index in [4.69, 9.17) is 4.74 Å². The third-order valence-corrected chi connectivity index (χ3v) is 3.92. The van der Waals surface area contributed by atoms with Gasteiger partial charge in [0.15, 0.2) is 0 Å². The molecule has 0 bridgehead atoms. The first-order chi connectivity index (χ1) is 11.8. The van der Waals surface area contributed by atoms with E-state index in [1.54, 1.807) is 20.8 Å². The van der Waals surface area contributed by atoms with Crippen LogP contribution in [0.1, 0.15) is 26.3 Å². The van der Waals surface area contributed by atoms with E-state index in [0.29, 0.717) is 0 Å². The van der Waals surface area contributed by atoms with Crippen LogP contribution >= 0.6 is 15.9 Å². The van der Waals surface area contributed by atoms with Crippen molar-refractivity contribution in [3.05, 3.63) is 32.3 Å². The van der Waals surface area contributed by atoms with E-state index in [0.717, 1.165) is 12.1 Å². The minimum Gasteiger partial charge on any atom is -0.444 e. The molecule has 26 heavy (non-hydrogen) atoms. The second-order valence-electron chi connectivity index (χ2n) is 6.83. The molecule has 1 aromatic carbocycles. The van der Waals surface area contributed by atoms with Gasteiger partial charge in [-0.1, -0.05) is 15.9 Å². The number of nitrogens with zero attached hydrogens (tertiary/aromatic N) is 2. The molecular weight excluding hydrogens is 423 g/mol. The van der Waals surface area contributed by atoms with Crippen LogP contribution < -0.4 is 5.32 Å². The maximum absolute atomic E-state index is 13.3. The molecule has 1 heterocycles. The van der Waals surface area contributed by atoms with Gasteiger partial charge in [-0.25, -0.2) is 4.79 Å². The highest BCUT2D eigenvalue weighted by molar-refractivity contribution is 9.10. The monoisotopic (exact) mass is 439 g/mol. The highest BCUT2D eigenvalue weighted by Gasteiger charge is 2.40. The highest BCUT2D eigenvalue weighted by Crippen LogP contribution is 2.42. The number of hydrogen-bond acceptors (Lipinski definition) is 5. The lowest BCUT2D eigenvalue weighted by molar-refractivity contribution is -0.384. The minimum atomic E-state index is -4.77. The van der Waals surface area contributed by atoms with Crippen LogP contribution in [0.2, 0.25) is 0 Å². The molecule has 1 saturated heterocycles. The summed E-state index contributed by atoms with van der Waals surface area (Å²) in [6.07, 6.45) is -5.36. The van der Waals surface area contributed by atoms with Crippen LogP contribution in [-0.4, -0.2) is 40.6 Å². The summed E-state index contributed by atoms with van der Waals surface area (Å²) in [5, 5.41) is 13.7. The lowest BCUT2D eigenvalue weighted by Gasteiger charge is -2.40. The first kappa shape index (κ1) is 20.3. The molecule has 0 saturated carbocycles. The quantitative estimate of drug-likeness (QED) is 0.556. The maximum Gasteiger partial charge on any atom is 0.418 e. The van der Waals surface area contributed by atoms with Crippen LogP contribution in [0.3, 0.4) is 0 Å². The van der Waals surface area contributed by atoms with Crippen molar-refractivity contribution in [2.24, 2.45) is 0 Å². The molecule has 2 rings (SSSR count). The van der Waals surface area contributed by atoms with Crippen LogP contribution in [-0.2, 0) is 10.9 Å². The number of nitrogens with one attached hydrogen (secondary N) is 1. The van der Waals surface area contributed by atoms with Gasteiger partial charge in [-0.3, -0.25) is 10.1 Å². The first-order valence-electron chi connectivity index (χ1n) is 7.57. The Bertz CT molecular complexity index is 728. The molecule has 1 aliphatic rings. The predicted octanol–water partition coefficient (Wildman–Crippen LogP) is 4.41. The number of ether oxygens (including phenoxy) is 1. The Morgan fingerprint density at radius 2 is 1.92 bits per heavy atom. The zero-order valence-electron chi connectivity index (χ0n) is 14.2. The SMILES string of the molecule is CC(C)(C)OC(=O)N1CC(Nc2c([N+](=O)[O-])cc(Br)cc2C(F)(F)F)C1. The third-order valence-electron chi connectivity index (χ3n) is 3.47. The molecule has 11 heteroatoms. The summed E-state index contributed by atoms with van der Waals surface area (Å²) in [5.41, 5.74) is -3.14. The summed E-state index contributed by atoms with van der Waals surface area (Å²) in [6, 6.07) is 1.23. The summed E-state index contributed by atoms with van der Waals surface area (Å²) < 4.78 is 44.9. The third kappa shape index (κ3) is 4.77. The van der Waals surface area contributed by atoms with Gasteiger partial charge in [0, 0.05) is 23.6 Å². The van der Waals surface area contributed by atoms with Gasteiger partial charge in [0.2, 0.25) is 0 Å². The molecule has 1 amide bonds. The summed E-state index contributed by atoms with van der Waals surface area (Å²) in [5.74, 6) is 0. The van der Waals surface area contributed by atoms with Crippen molar-refractivity contribution >= 4 is 33.4 Å². The van der Waals surface area contributed by atoms with Gasteiger partial charge in [0.05, 0.1) is 16.5 Å². The Labute approximate surface area is 155 Å². The largest absolute Gasteiger partial charge is 0.444 e. The van der Waals surface area contributed by atoms with Crippen molar-refractivity contribution in [3.8, 4) is 0 Å². The molecule has 0 aromatic heterocycles. The van der Waals surface area contributed by atoms with Gasteiger partial charge in [-0.05, 0) is 26.8 Å². The zero-order chi connectivity index (χ0) is 19.9. The predicted molar refractivity (Wildman–Crippen MR) is 91.0 cm³/mol. The van der Waals surface area contributed by atoms with Crippen LogP contribution in [0.5, 0.6) is 0 Å². The molecule has 1 fully saturated rings. The highest BCUT2D eigenvalue weighted by atomic mass is 79.9. The van der Waals surface area contributed by atoms with E-state index in [-0.39, 0.29) is 17.6 Å². The first-order valence-corrected chi connectivity index (χ1v) is 8.37. The molecule has 0 atom stereocenters. The van der Waals surface area contributed by atoms with Gasteiger partial charge < -0.3 is 15.0 Å². The number of nitro groups is 1. The number of alkyl halides is 3. The molecule has 0 radical (unpaired) electrons. The van der Waals surface area contributed by atoms with E-state index in [2.05, 4.69) is 21.2 Å². The average molecular weight is 440 g/mol. The van der Waals surface area contributed by atoms with Gasteiger partial charge in [0.25, 0.3) is 5.69 Å². The second-order valence-corrected chi connectivity index (χ2v) is 7.74. The van der Waals surface area contributed by atoms with E-state index < -0.39 is 45.8 Å². The van der Waals surface area contributed by atoms with Gasteiger partial charge in [-0.2, -0.15) is 13.2 Å². The molecule has 7 nitrogen and oxygen atoms in total. The fraction of sp³-hybridized carbons (Fsp3) is 0.533. The van der Waals surface area contributed by atoms with Gasteiger partial charge in [0.1, 0.15) is 11.3 Å². The summed E-state index contributed by atoms with van der Waals surface area (Å²) >= 11 is 2.86. The fourth-order valence-electron chi connectivity index (χ4n) is 2.36. The topological polar surface area (TPSA) is 84.7 Å². The van der Waals surface area contributed by atoms with Crippen molar-refractivity contribution in [2.45, 2.75) is 38.6 Å². The number of anilines is 1. The van der Waals surface area contributed by atoms with E-state index in [9.17, 15) is 28.1 Å². The molecule has 0 aliphatic carbocycles. The lowest BCUT2D eigenvalue weighted by atomic mass is 10.1. The summed E-state index contributed by atoms with van der Waals surface area (Å²) in [7, 11) is 0. The van der Waals surface area contributed by atoms with Crippen LogP contribution in [0.4, 0.5) is 29.3 Å². The summed E-state index contributed by atoms with van der Waals surface area (Å²) in [6.45, 7) is 5.25. The number of nitro benzene ring substituents is 1. The molecule has 1 N–H and O–H groups in total. The lowest BCUT2D eigenvalue weighted by Crippen LogP contribution is -2.58. The Balaban J connectivity index is 2.18. The maximum atomic E-state index is 13.3. The van der Waals surface area contributed by atoms with Crippen LogP contribution in [0.25, 0.3) is 0 Å². The molecule has 1 aromatic rings. The molecular formula is C15H17BrF3N3O4. The second kappa shape index (κ2) is 6.93. The molecule has 0 spiro atoms. The average Bonchev–Trinajstić information content (AvgIpc) is 2.39. The van der Waals surface area contributed by atoms with Crippen molar-refractivity contribution < 1.29 is 27.6 Å². The normalized spacial score (nSPS) is 15.4. The molecule has 144 valence electrons. The number of hydrogen-bond donors (Lipinski definition) is 1. The number of benzene rings is 1. The Hall–Kier alpha value is -2.04. The molecule has 0 unspecified atom stereocenters. The standard InChI is InChI=1S/C15H17BrF3N3O4/c1-14(2,3)26-13(23)21-6-9(7-21)20-12-10(15(17,18)19)4-8(16)5-11(12)22(24)25/h4-5,9,20H,6-7H2,1-3H3. The fourth-order valence-corrected chi connectivity index (χ4v) is 2.81. The van der Waals surface area contributed by atoms with Crippen molar-refractivity contribution in [1.29, 1.82) is 0 Å². The Morgan fingerprint density at radius 3 is 2.38 bits per heavy atom. The van der Waals surface area contributed by atoms with Gasteiger partial charge >= 0.3 is 12.3 Å². The van der Waals surface area contributed by atoms with E-state index in [1.807, 2.05) is 0 Å². The Kier molecular flexibility index (Phi) is 5.41. The number of rotatable bonds is 3. The van der Waals surface area contributed by atoms with Crippen molar-refractivity contribution in [2.75, 3.05) is 18.4 Å². The van der Waals surface area contributed by atoms with E-state index >= 15 is 0 Å². The smallest absolute Gasteiger partial charge is 0.418 e. The van der Waals surface area contributed by atoms with Gasteiger partial charge in [-0.15, -0.1) is 0 Å². The molecule has 1 aliphatic heterocycles. The van der Waals surface area contributed by atoms with Crippen molar-refractivity contribution in [1.82, 2.24) is 4.90 Å². The number of likely N-dealkylation sites (tertiary alicyclic amines) is 1. The van der Waals surface area contributed by atoms with E-state index in [1.165, 1.54) is 4.90 Å². The number of carbonyl (C=O) groups excluding carboxylic acids is 1. The zero-order valence-corrected chi connectivity index (χ0v) is 15.8. The number of amides is 1. The Morgan fingerprint density at radius 1 is 1.35 bits per heavy atom. The minimum absolute atomic E-state index is 0.0499. The van der Waals surface area contributed by atoms with Crippen LogP contribution in [0.15, 0.2) is 16.6 Å². The number of carbonyl (C=O) groups is 1.